The molecular formula is C26H33N5O9. The number of aliphatic hydroxyl groups is 2. The fourth-order valence-corrected chi connectivity index (χ4v) is 3.87. The smallest absolute Gasteiger partial charge is 0.409 e. The van der Waals surface area contributed by atoms with E-state index in [0.29, 0.717) is 5.56 Å². The number of carboxylic acid groups (broad SMARTS) is 1. The number of aliphatic carboxylic acids is 1. The summed E-state index contributed by atoms with van der Waals surface area (Å²) in [6.07, 6.45) is -2.19. The summed E-state index contributed by atoms with van der Waals surface area (Å²) in [5.41, 5.74) is 0.422. The number of aliphatic hydroxyl groups excluding tert-OH is 2. The van der Waals surface area contributed by atoms with Crippen LogP contribution in [0.4, 0.5) is 4.79 Å². The summed E-state index contributed by atoms with van der Waals surface area (Å²) in [4.78, 5) is 61.4. The van der Waals surface area contributed by atoms with Crippen molar-refractivity contribution in [3.8, 4) is 17.3 Å². The molecule has 3 rings (SSSR count). The number of hydrogen-bond donors (Lipinski definition) is 4. The van der Waals surface area contributed by atoms with Gasteiger partial charge in [-0.15, -0.1) is 0 Å². The van der Waals surface area contributed by atoms with Crippen LogP contribution in [-0.4, -0.2) is 117 Å². The highest BCUT2D eigenvalue weighted by molar-refractivity contribution is 5.96. The Balaban J connectivity index is 1.80. The van der Waals surface area contributed by atoms with Crippen molar-refractivity contribution in [2.75, 3.05) is 46.0 Å². The van der Waals surface area contributed by atoms with Gasteiger partial charge in [0.2, 0.25) is 11.8 Å². The summed E-state index contributed by atoms with van der Waals surface area (Å²) in [6.45, 7) is 1.94. The third kappa shape index (κ3) is 8.61. The van der Waals surface area contributed by atoms with E-state index in [1.54, 1.807) is 37.3 Å². The molecule has 2 aromatic rings. The topological polar surface area (TPSA) is 192 Å². The molecule has 3 amide bonds. The number of piperazine rings is 1. The van der Waals surface area contributed by atoms with E-state index >= 15 is 0 Å². The van der Waals surface area contributed by atoms with Gasteiger partial charge in [-0.2, -0.15) is 4.98 Å². The van der Waals surface area contributed by atoms with Gasteiger partial charge in [0.1, 0.15) is 24.4 Å². The maximum Gasteiger partial charge on any atom is 0.409 e. The summed E-state index contributed by atoms with van der Waals surface area (Å²) in [7, 11) is 0. The number of benzene rings is 1. The molecule has 2 unspecified atom stereocenters. The Morgan fingerprint density at radius 2 is 1.73 bits per heavy atom. The quantitative estimate of drug-likeness (QED) is 0.276. The van der Waals surface area contributed by atoms with Gasteiger partial charge in [-0.1, -0.05) is 30.3 Å². The molecule has 2 heterocycles. The van der Waals surface area contributed by atoms with E-state index in [-0.39, 0.29) is 69.6 Å². The number of amides is 3. The number of ether oxygens (including phenoxy) is 2. The SMILES string of the molecule is CCOC(=O)N1CCN(C(=O)C(CCC(=O)O)NC(=O)c2cc(OCC(O)CO)nc(-c3ccccc3)n2)CC1. The fourth-order valence-electron chi connectivity index (χ4n) is 3.87. The van der Waals surface area contributed by atoms with Crippen LogP contribution in [0.25, 0.3) is 11.4 Å². The van der Waals surface area contributed by atoms with Crippen LogP contribution >= 0.6 is 0 Å². The number of rotatable bonds is 12. The second kappa shape index (κ2) is 14.7. The average Bonchev–Trinajstić information content (AvgIpc) is 2.97. The van der Waals surface area contributed by atoms with E-state index in [9.17, 15) is 29.4 Å². The van der Waals surface area contributed by atoms with E-state index in [4.69, 9.17) is 14.6 Å². The highest BCUT2D eigenvalue weighted by Gasteiger charge is 2.31. The standard InChI is InChI=1S/C26H33N5O9/c1-2-39-26(38)31-12-10-30(11-13-31)25(37)19(8-9-22(34)35)28-24(36)20-14-21(40-16-18(33)15-32)29-23(27-20)17-6-4-3-5-7-17/h3-7,14,18-19,32-33H,2,8-13,15-16H2,1H3,(H,28,36)(H,34,35). The number of carboxylic acids is 1. The minimum atomic E-state index is -1.17. The van der Waals surface area contributed by atoms with Gasteiger partial charge in [0, 0.05) is 44.2 Å². The summed E-state index contributed by atoms with van der Waals surface area (Å²) in [6, 6.07) is 8.79. The normalized spacial score (nSPS) is 14.7. The minimum Gasteiger partial charge on any atom is -0.481 e. The third-order valence-corrected chi connectivity index (χ3v) is 5.97. The van der Waals surface area contributed by atoms with E-state index in [1.165, 1.54) is 15.9 Å². The van der Waals surface area contributed by atoms with Crippen LogP contribution in [0.15, 0.2) is 36.4 Å². The van der Waals surface area contributed by atoms with Gasteiger partial charge >= 0.3 is 12.1 Å². The predicted octanol–water partition coefficient (Wildman–Crippen LogP) is 0.140. The van der Waals surface area contributed by atoms with Gasteiger partial charge in [0.05, 0.1) is 13.2 Å². The van der Waals surface area contributed by atoms with Crippen molar-refractivity contribution in [2.24, 2.45) is 0 Å². The first kappa shape index (κ1) is 30.2. The molecular weight excluding hydrogens is 526 g/mol. The number of carbonyl (C=O) groups excluding carboxylic acids is 3. The molecule has 1 saturated heterocycles. The molecule has 0 bridgehead atoms. The van der Waals surface area contributed by atoms with Crippen LogP contribution in [0.2, 0.25) is 0 Å². The second-order valence-electron chi connectivity index (χ2n) is 8.90. The molecule has 1 aliphatic rings. The lowest BCUT2D eigenvalue weighted by atomic mass is 10.1. The second-order valence-corrected chi connectivity index (χ2v) is 8.90. The van der Waals surface area contributed by atoms with E-state index in [0.717, 1.165) is 0 Å². The predicted molar refractivity (Wildman–Crippen MR) is 139 cm³/mol. The van der Waals surface area contributed by atoms with Crippen LogP contribution in [0, 0.1) is 0 Å². The van der Waals surface area contributed by atoms with Crippen molar-refractivity contribution < 1.29 is 44.0 Å². The minimum absolute atomic E-state index is 0.0463. The number of aromatic nitrogens is 2. The average molecular weight is 560 g/mol. The molecule has 14 heteroatoms. The van der Waals surface area contributed by atoms with Gasteiger partial charge in [-0.05, 0) is 13.3 Å². The zero-order chi connectivity index (χ0) is 29.1. The lowest BCUT2D eigenvalue weighted by molar-refractivity contribution is -0.138. The maximum atomic E-state index is 13.3. The van der Waals surface area contributed by atoms with E-state index < -0.39 is 42.6 Å². The Hall–Kier alpha value is -4.30. The first-order valence-corrected chi connectivity index (χ1v) is 12.8. The van der Waals surface area contributed by atoms with Gasteiger partial charge < -0.3 is 39.9 Å². The lowest BCUT2D eigenvalue weighted by Crippen LogP contribution is -2.56. The zero-order valence-electron chi connectivity index (χ0n) is 22.1. The molecule has 2 atom stereocenters. The van der Waals surface area contributed by atoms with Gasteiger partial charge in [-0.3, -0.25) is 14.4 Å². The van der Waals surface area contributed by atoms with Gasteiger partial charge in [0.15, 0.2) is 5.82 Å². The van der Waals surface area contributed by atoms with E-state index in [2.05, 4.69) is 15.3 Å². The van der Waals surface area contributed by atoms with Gasteiger partial charge in [0.25, 0.3) is 5.91 Å². The lowest BCUT2D eigenvalue weighted by Gasteiger charge is -2.35. The largest absolute Gasteiger partial charge is 0.481 e. The van der Waals surface area contributed by atoms with Crippen molar-refractivity contribution in [1.29, 1.82) is 0 Å². The number of nitrogens with one attached hydrogen (secondary N) is 1. The van der Waals surface area contributed by atoms with Crippen molar-refractivity contribution in [1.82, 2.24) is 25.1 Å². The number of hydrogen-bond acceptors (Lipinski definition) is 10. The molecule has 0 saturated carbocycles. The first-order chi connectivity index (χ1) is 19.2. The Labute approximate surface area is 230 Å². The molecule has 1 aromatic carbocycles. The molecule has 1 fully saturated rings. The highest BCUT2D eigenvalue weighted by Crippen LogP contribution is 2.20. The highest BCUT2D eigenvalue weighted by atomic mass is 16.6. The van der Waals surface area contributed by atoms with Crippen LogP contribution < -0.4 is 10.1 Å². The Morgan fingerprint density at radius 3 is 2.35 bits per heavy atom. The molecule has 1 aliphatic heterocycles. The summed E-state index contributed by atoms with van der Waals surface area (Å²) < 4.78 is 10.4. The Bertz CT molecular complexity index is 1170. The first-order valence-electron chi connectivity index (χ1n) is 12.8. The Morgan fingerprint density at radius 1 is 1.05 bits per heavy atom. The van der Waals surface area contributed by atoms with Gasteiger partial charge in [-0.25, -0.2) is 9.78 Å². The molecule has 4 N–H and O–H groups in total. The van der Waals surface area contributed by atoms with Crippen LogP contribution in [0.3, 0.4) is 0 Å². The van der Waals surface area contributed by atoms with Crippen LogP contribution in [-0.2, 0) is 14.3 Å². The molecule has 0 radical (unpaired) electrons. The summed E-state index contributed by atoms with van der Waals surface area (Å²) >= 11 is 0. The molecule has 0 spiro atoms. The van der Waals surface area contributed by atoms with Crippen molar-refractivity contribution in [2.45, 2.75) is 31.9 Å². The fraction of sp³-hybridized carbons (Fsp3) is 0.462. The number of nitrogens with zero attached hydrogens (tertiary/aromatic N) is 4. The molecule has 14 nitrogen and oxygen atoms in total. The van der Waals surface area contributed by atoms with Crippen molar-refractivity contribution >= 4 is 23.9 Å². The molecule has 40 heavy (non-hydrogen) atoms. The van der Waals surface area contributed by atoms with Crippen LogP contribution in [0.5, 0.6) is 5.88 Å². The monoisotopic (exact) mass is 559 g/mol. The molecule has 0 aliphatic carbocycles. The van der Waals surface area contributed by atoms with E-state index in [1.807, 2.05) is 0 Å². The zero-order valence-corrected chi connectivity index (χ0v) is 22.1. The molecule has 1 aromatic heterocycles. The Kier molecular flexibility index (Phi) is 11.1. The summed E-state index contributed by atoms with van der Waals surface area (Å²) in [5.74, 6) is -2.29. The molecule has 216 valence electrons. The van der Waals surface area contributed by atoms with Crippen molar-refractivity contribution in [3.63, 3.8) is 0 Å². The van der Waals surface area contributed by atoms with Crippen molar-refractivity contribution in [3.05, 3.63) is 42.1 Å². The maximum absolute atomic E-state index is 13.3. The number of carbonyl (C=O) groups is 4. The third-order valence-electron chi connectivity index (χ3n) is 5.97. The van der Waals surface area contributed by atoms with Crippen LogP contribution in [0.1, 0.15) is 30.3 Å². The summed E-state index contributed by atoms with van der Waals surface area (Å²) in [5, 5.41) is 30.5.